The standard InChI is InChI=1S/C81H82N4O2/c1-49(2)52-25-27-53(28-26-52)66-39-50(3)40-67(54-29-31-56(32-30-54)78(5,6)7)76(66)84-48-83(68-22-18-19-23-69(68)84)60-45-65(55-41-58(80(11,12)13)43-59(42-55)81(14,15)16)51(4)73(46-60)86-61-33-34-64-71(47-61)85(74-44-57(37-38-82-74)79(8,9)10)70-36-35-63-62-21-17-20-24-72(62)87-77(63)75(64)70/h17-47,49H,48H2,1-16H3/i4D3. The van der Waals surface area contributed by atoms with Gasteiger partial charge in [0.2, 0.25) is 0 Å². The van der Waals surface area contributed by atoms with Crippen molar-refractivity contribution in [3.8, 4) is 50.7 Å². The largest absolute Gasteiger partial charge is 0.457 e. The lowest BCUT2D eigenvalue weighted by atomic mass is 9.78. The Bertz CT molecular complexity index is 4750. The molecule has 0 saturated carbocycles. The number of ether oxygens (including phenoxy) is 1. The first kappa shape index (κ1) is 53.6. The van der Waals surface area contributed by atoms with E-state index in [1.165, 1.54) is 11.1 Å². The number of pyridine rings is 1. The molecule has 3 aromatic heterocycles. The minimum absolute atomic E-state index is 0.0172. The molecule has 438 valence electrons. The molecule has 0 unspecified atom stereocenters. The molecule has 6 heteroatoms. The SMILES string of the molecule is [2H]C([2H])([2H])c1c(Oc2ccc3c4c5oc6ccccc6c5ccc4n(-c4cc(C(C)(C)C)ccn4)c3c2)cc(N2CN(c3c(-c4ccc(C(C)C)cc4)cc(C)cc3-c3ccc(C(C)(C)C)cc3)c3ccccc32)cc1-c1cc(C(C)(C)C)cc(C(C)(C)C)c1. The highest BCUT2D eigenvalue weighted by Crippen LogP contribution is 2.53. The van der Waals surface area contributed by atoms with Crippen molar-refractivity contribution in [3.63, 3.8) is 0 Å². The number of hydrogen-bond donors (Lipinski definition) is 0. The molecule has 0 fully saturated rings. The van der Waals surface area contributed by atoms with Crippen LogP contribution in [0.3, 0.4) is 0 Å². The van der Waals surface area contributed by atoms with Gasteiger partial charge in [-0.1, -0.05) is 194 Å². The van der Waals surface area contributed by atoms with Crippen LogP contribution in [0.15, 0.2) is 193 Å². The molecule has 0 spiro atoms. The molecule has 0 radical (unpaired) electrons. The summed E-state index contributed by atoms with van der Waals surface area (Å²) in [5.41, 5.74) is 19.7. The van der Waals surface area contributed by atoms with Crippen LogP contribution in [0.5, 0.6) is 11.5 Å². The van der Waals surface area contributed by atoms with Gasteiger partial charge in [0.15, 0.2) is 0 Å². The highest BCUT2D eigenvalue weighted by atomic mass is 16.5. The minimum Gasteiger partial charge on any atom is -0.457 e. The summed E-state index contributed by atoms with van der Waals surface area (Å²) >= 11 is 0. The van der Waals surface area contributed by atoms with Gasteiger partial charge in [0.25, 0.3) is 0 Å². The maximum Gasteiger partial charge on any atom is 0.145 e. The second-order valence-electron chi connectivity index (χ2n) is 28.7. The Morgan fingerprint density at radius 2 is 1.13 bits per heavy atom. The summed E-state index contributed by atoms with van der Waals surface area (Å²) in [5, 5.41) is 3.98. The van der Waals surface area contributed by atoms with Gasteiger partial charge in [-0.05, 0) is 175 Å². The van der Waals surface area contributed by atoms with Crippen LogP contribution in [-0.4, -0.2) is 16.2 Å². The molecule has 0 saturated heterocycles. The zero-order valence-corrected chi connectivity index (χ0v) is 53.3. The summed E-state index contributed by atoms with van der Waals surface area (Å²) in [4.78, 5) is 9.84. The number of aromatic nitrogens is 2. The first-order chi connectivity index (χ1) is 42.5. The summed E-state index contributed by atoms with van der Waals surface area (Å²) in [6.07, 6.45) is 1.88. The van der Waals surface area contributed by atoms with E-state index in [2.05, 4.69) is 264 Å². The molecule has 12 aromatic rings. The Labute approximate surface area is 519 Å². The van der Waals surface area contributed by atoms with Crippen LogP contribution < -0.4 is 14.5 Å². The van der Waals surface area contributed by atoms with Crippen molar-refractivity contribution in [2.45, 2.75) is 138 Å². The van der Waals surface area contributed by atoms with Crippen molar-refractivity contribution >= 4 is 66.5 Å². The van der Waals surface area contributed by atoms with Crippen molar-refractivity contribution < 1.29 is 13.3 Å². The van der Waals surface area contributed by atoms with Crippen molar-refractivity contribution in [1.29, 1.82) is 0 Å². The molecule has 1 aliphatic heterocycles. The predicted molar refractivity (Wildman–Crippen MR) is 369 cm³/mol. The molecule has 0 bridgehead atoms. The predicted octanol–water partition coefficient (Wildman–Crippen LogP) is 23.0. The number of anilines is 4. The first-order valence-electron chi connectivity index (χ1n) is 32.4. The minimum atomic E-state index is -2.62. The molecule has 13 rings (SSSR count). The average molecular weight is 1150 g/mol. The number of benzene rings is 9. The lowest BCUT2D eigenvalue weighted by Gasteiger charge is -2.29. The smallest absolute Gasteiger partial charge is 0.145 e. The Kier molecular flexibility index (Phi) is 12.9. The van der Waals surface area contributed by atoms with Gasteiger partial charge in [-0.15, -0.1) is 0 Å². The summed E-state index contributed by atoms with van der Waals surface area (Å²) in [6.45, 7) is 31.2. The molecule has 9 aromatic carbocycles. The van der Waals surface area contributed by atoms with Gasteiger partial charge in [0.05, 0.1) is 33.5 Å². The third-order valence-corrected chi connectivity index (χ3v) is 17.9. The Morgan fingerprint density at radius 1 is 0.517 bits per heavy atom. The highest BCUT2D eigenvalue weighted by molar-refractivity contribution is 6.24. The van der Waals surface area contributed by atoms with E-state index in [4.69, 9.17) is 14.1 Å². The number of aryl methyl sites for hydroxylation is 1. The van der Waals surface area contributed by atoms with E-state index >= 15 is 0 Å². The average Bonchev–Trinajstić information content (AvgIpc) is 1.53. The molecule has 4 heterocycles. The van der Waals surface area contributed by atoms with Crippen molar-refractivity contribution in [2.75, 3.05) is 16.5 Å². The van der Waals surface area contributed by atoms with E-state index in [1.54, 1.807) is 0 Å². The molecule has 0 amide bonds. The highest BCUT2D eigenvalue weighted by Gasteiger charge is 2.34. The summed E-state index contributed by atoms with van der Waals surface area (Å²) in [7, 11) is 0. The van der Waals surface area contributed by atoms with Crippen molar-refractivity contribution in [2.24, 2.45) is 0 Å². The normalized spacial score (nSPS) is 14.0. The van der Waals surface area contributed by atoms with Crippen molar-refractivity contribution in [1.82, 2.24) is 9.55 Å². The van der Waals surface area contributed by atoms with Gasteiger partial charge in [-0.25, -0.2) is 4.98 Å². The van der Waals surface area contributed by atoms with Crippen LogP contribution in [0.1, 0.15) is 146 Å². The molecule has 0 atom stereocenters. The second-order valence-corrected chi connectivity index (χ2v) is 28.7. The Balaban J connectivity index is 1.05. The number of furan rings is 1. The third-order valence-electron chi connectivity index (χ3n) is 17.9. The fourth-order valence-electron chi connectivity index (χ4n) is 12.8. The number of rotatable bonds is 9. The summed E-state index contributed by atoms with van der Waals surface area (Å²) < 4.78 is 45.2. The van der Waals surface area contributed by atoms with E-state index in [-0.39, 0.29) is 33.0 Å². The van der Waals surface area contributed by atoms with Gasteiger partial charge in [-0.2, -0.15) is 0 Å². The van der Waals surface area contributed by atoms with Crippen molar-refractivity contribution in [3.05, 3.63) is 227 Å². The van der Waals surface area contributed by atoms with Crippen LogP contribution in [0, 0.1) is 13.8 Å². The number of nitrogens with zero attached hydrogens (tertiary/aromatic N) is 4. The molecular formula is C81H82N4O2. The Morgan fingerprint density at radius 3 is 1.76 bits per heavy atom. The van der Waals surface area contributed by atoms with Crippen LogP contribution >= 0.6 is 0 Å². The van der Waals surface area contributed by atoms with Gasteiger partial charge in [0, 0.05) is 55.4 Å². The second kappa shape index (κ2) is 20.9. The van der Waals surface area contributed by atoms with E-state index in [0.717, 1.165) is 122 Å². The summed E-state index contributed by atoms with van der Waals surface area (Å²) in [6, 6.07) is 65.0. The molecule has 0 aliphatic carbocycles. The van der Waals surface area contributed by atoms with E-state index in [0.29, 0.717) is 23.9 Å². The maximum atomic E-state index is 9.63. The van der Waals surface area contributed by atoms with E-state index < -0.39 is 6.85 Å². The lowest BCUT2D eigenvalue weighted by Crippen LogP contribution is -2.25. The summed E-state index contributed by atoms with van der Waals surface area (Å²) in [5.74, 6) is 1.86. The third kappa shape index (κ3) is 10.3. The van der Waals surface area contributed by atoms with Gasteiger partial charge in [-0.3, -0.25) is 4.57 Å². The lowest BCUT2D eigenvalue weighted by molar-refractivity contribution is 0.480. The van der Waals surface area contributed by atoms with Gasteiger partial charge < -0.3 is 19.0 Å². The van der Waals surface area contributed by atoms with E-state index in [9.17, 15) is 4.11 Å². The molecule has 6 nitrogen and oxygen atoms in total. The zero-order chi connectivity index (χ0) is 63.7. The Hall–Kier alpha value is -8.87. The molecule has 87 heavy (non-hydrogen) atoms. The fraction of sp³-hybridized carbons (Fsp3) is 0.272. The van der Waals surface area contributed by atoms with Crippen LogP contribution in [0.4, 0.5) is 22.7 Å². The number of para-hydroxylation sites is 3. The molecule has 1 aliphatic rings. The number of hydrogen-bond acceptors (Lipinski definition) is 5. The monoisotopic (exact) mass is 1150 g/mol. The fourth-order valence-corrected chi connectivity index (χ4v) is 12.8. The van der Waals surface area contributed by atoms with Gasteiger partial charge in [0.1, 0.15) is 35.2 Å². The molecular weight excluding hydrogens is 1060 g/mol. The quantitative estimate of drug-likeness (QED) is 0.144. The topological polar surface area (TPSA) is 46.7 Å². The number of fused-ring (bicyclic) bond motifs is 8. The first-order valence-corrected chi connectivity index (χ1v) is 30.9. The van der Waals surface area contributed by atoms with Crippen LogP contribution in [0.2, 0.25) is 0 Å². The van der Waals surface area contributed by atoms with Crippen LogP contribution in [-0.2, 0) is 21.7 Å². The molecule has 0 N–H and O–H groups in total. The van der Waals surface area contributed by atoms with Crippen LogP contribution in [0.25, 0.3) is 82.9 Å². The maximum absolute atomic E-state index is 9.63. The van der Waals surface area contributed by atoms with Gasteiger partial charge >= 0.3 is 0 Å². The zero-order valence-electron chi connectivity index (χ0n) is 56.3. The van der Waals surface area contributed by atoms with E-state index in [1.807, 2.05) is 42.6 Å².